The quantitative estimate of drug-likeness (QED) is 0.587. The molecule has 0 amide bonds. The molecule has 0 bridgehead atoms. The number of hydrogen-bond acceptors (Lipinski definition) is 6. The van der Waals surface area contributed by atoms with Gasteiger partial charge in [-0.3, -0.25) is 14.3 Å². The molecule has 1 fully saturated rings. The Hall–Kier alpha value is -1.97. The molecule has 0 spiro atoms. The van der Waals surface area contributed by atoms with Crippen LogP contribution in [0, 0.1) is 0 Å². The summed E-state index contributed by atoms with van der Waals surface area (Å²) in [5.74, 6) is 0. The molecule has 24 heavy (non-hydrogen) atoms. The summed E-state index contributed by atoms with van der Waals surface area (Å²) < 4.78 is 6.30. The lowest BCUT2D eigenvalue weighted by molar-refractivity contribution is -0.0549. The van der Waals surface area contributed by atoms with Crippen LogP contribution in [0.4, 0.5) is 0 Å². The molecule has 1 saturated heterocycles. The zero-order chi connectivity index (χ0) is 17.4. The number of hydrogen-bond donors (Lipinski definition) is 4. The van der Waals surface area contributed by atoms with E-state index in [0.717, 1.165) is 4.57 Å². The van der Waals surface area contributed by atoms with Crippen molar-refractivity contribution >= 4 is 11.6 Å². The van der Waals surface area contributed by atoms with Crippen LogP contribution in [-0.2, 0) is 4.74 Å². The van der Waals surface area contributed by atoms with Gasteiger partial charge in [-0.15, -0.1) is 0 Å². The van der Waals surface area contributed by atoms with Gasteiger partial charge in [-0.25, -0.2) is 4.79 Å². The largest absolute Gasteiger partial charge is 0.394 e. The molecule has 4 N–H and O–H groups in total. The maximum Gasteiger partial charge on any atom is 0.330 e. The third-order valence-corrected chi connectivity index (χ3v) is 4.17. The third kappa shape index (κ3) is 2.90. The molecule has 9 heteroatoms. The van der Waals surface area contributed by atoms with E-state index in [1.165, 1.54) is 6.20 Å². The molecule has 4 atom stereocenters. The van der Waals surface area contributed by atoms with E-state index < -0.39 is 42.4 Å². The smallest absolute Gasteiger partial charge is 0.330 e. The van der Waals surface area contributed by atoms with Crippen LogP contribution in [0.5, 0.6) is 0 Å². The van der Waals surface area contributed by atoms with Crippen LogP contribution in [0.25, 0.3) is 11.1 Å². The Morgan fingerprint density at radius 2 is 1.83 bits per heavy atom. The summed E-state index contributed by atoms with van der Waals surface area (Å²) >= 11 is 5.82. The number of benzene rings is 1. The molecule has 1 aromatic heterocycles. The van der Waals surface area contributed by atoms with Crippen molar-refractivity contribution in [1.82, 2.24) is 9.55 Å². The van der Waals surface area contributed by atoms with Gasteiger partial charge in [0.1, 0.15) is 18.3 Å². The van der Waals surface area contributed by atoms with E-state index >= 15 is 0 Å². The van der Waals surface area contributed by atoms with Gasteiger partial charge in [-0.1, -0.05) is 23.7 Å². The Morgan fingerprint density at radius 3 is 2.42 bits per heavy atom. The van der Waals surface area contributed by atoms with Crippen LogP contribution in [0.2, 0.25) is 5.02 Å². The highest BCUT2D eigenvalue weighted by Gasteiger charge is 2.43. The Morgan fingerprint density at radius 1 is 1.17 bits per heavy atom. The zero-order valence-corrected chi connectivity index (χ0v) is 13.1. The molecule has 0 aliphatic carbocycles. The molecule has 0 saturated carbocycles. The summed E-state index contributed by atoms with van der Waals surface area (Å²) in [4.78, 5) is 26.3. The third-order valence-electron chi connectivity index (χ3n) is 3.91. The van der Waals surface area contributed by atoms with E-state index in [1.807, 2.05) is 0 Å². The number of aliphatic hydroxyl groups excluding tert-OH is 3. The number of nitrogens with one attached hydrogen (secondary N) is 1. The van der Waals surface area contributed by atoms with Crippen molar-refractivity contribution in [3.63, 3.8) is 0 Å². The van der Waals surface area contributed by atoms with Gasteiger partial charge in [0, 0.05) is 11.2 Å². The van der Waals surface area contributed by atoms with Crippen molar-refractivity contribution in [2.45, 2.75) is 24.5 Å². The normalized spacial score (nSPS) is 26.7. The number of aromatic nitrogens is 2. The Labute approximate surface area is 140 Å². The van der Waals surface area contributed by atoms with Crippen molar-refractivity contribution in [3.8, 4) is 11.1 Å². The summed E-state index contributed by atoms with van der Waals surface area (Å²) in [5, 5.41) is 29.5. The van der Waals surface area contributed by atoms with Gasteiger partial charge in [0.25, 0.3) is 5.56 Å². The lowest BCUT2D eigenvalue weighted by Gasteiger charge is -2.18. The maximum atomic E-state index is 12.1. The van der Waals surface area contributed by atoms with Crippen LogP contribution in [-0.4, -0.2) is 49.8 Å². The molecule has 1 aliphatic heterocycles. The molecule has 0 radical (unpaired) electrons. The number of H-pyrrole nitrogens is 1. The van der Waals surface area contributed by atoms with Gasteiger partial charge in [-0.2, -0.15) is 0 Å². The molecule has 2 aromatic rings. The predicted molar refractivity (Wildman–Crippen MR) is 84.8 cm³/mol. The van der Waals surface area contributed by atoms with Crippen molar-refractivity contribution in [2.75, 3.05) is 6.61 Å². The Balaban J connectivity index is 2.07. The number of nitrogens with zero attached hydrogens (tertiary/aromatic N) is 1. The molecule has 128 valence electrons. The van der Waals surface area contributed by atoms with E-state index in [4.69, 9.17) is 21.4 Å². The first kappa shape index (κ1) is 16.9. The summed E-state index contributed by atoms with van der Waals surface area (Å²) in [5.41, 5.74) is -0.719. The van der Waals surface area contributed by atoms with E-state index in [0.29, 0.717) is 10.6 Å². The van der Waals surface area contributed by atoms with Gasteiger partial charge in [0.15, 0.2) is 6.23 Å². The fraction of sp³-hybridized carbons (Fsp3) is 0.333. The monoisotopic (exact) mass is 354 g/mol. The minimum Gasteiger partial charge on any atom is -0.394 e. The molecule has 0 unspecified atom stereocenters. The van der Waals surface area contributed by atoms with E-state index in [-0.39, 0.29) is 5.56 Å². The highest BCUT2D eigenvalue weighted by Crippen LogP contribution is 2.28. The minimum atomic E-state index is -1.43. The van der Waals surface area contributed by atoms with E-state index in [2.05, 4.69) is 4.98 Å². The highest BCUT2D eigenvalue weighted by molar-refractivity contribution is 6.30. The summed E-state index contributed by atoms with van der Waals surface area (Å²) in [6.45, 7) is -0.517. The standard InChI is InChI=1S/C15H15ClN2O6/c16-8-3-1-7(2-4-8)9-5-18(15(23)17-13(9)22)14-12(21)11(20)10(6-19)24-14/h1-5,10-12,14,19-21H,6H2,(H,17,22,23)/t10-,11-,12-,14-/m1/s1. The molecule has 1 aromatic carbocycles. The average molecular weight is 355 g/mol. The van der Waals surface area contributed by atoms with Gasteiger partial charge in [0.05, 0.1) is 12.2 Å². The summed E-state index contributed by atoms with van der Waals surface area (Å²) in [6, 6.07) is 6.41. The SMILES string of the molecule is O=c1[nH]c(=O)n([C@@H]2O[C@H](CO)[C@@H](O)[C@H]2O)cc1-c1ccc(Cl)cc1. The van der Waals surface area contributed by atoms with Crippen molar-refractivity contribution < 1.29 is 20.1 Å². The van der Waals surface area contributed by atoms with Crippen LogP contribution in [0.3, 0.4) is 0 Å². The highest BCUT2D eigenvalue weighted by atomic mass is 35.5. The van der Waals surface area contributed by atoms with Crippen LogP contribution in [0.15, 0.2) is 40.1 Å². The van der Waals surface area contributed by atoms with Crippen molar-refractivity contribution in [3.05, 3.63) is 56.3 Å². The molecule has 1 aliphatic rings. The second-order valence-corrected chi connectivity index (χ2v) is 5.88. The molecular formula is C15H15ClN2O6. The fourth-order valence-electron chi connectivity index (χ4n) is 2.62. The first-order valence-corrected chi connectivity index (χ1v) is 7.54. The zero-order valence-electron chi connectivity index (χ0n) is 12.3. The van der Waals surface area contributed by atoms with Crippen LogP contribution >= 0.6 is 11.6 Å². The average Bonchev–Trinajstić information content (AvgIpc) is 2.84. The number of aliphatic hydroxyl groups is 3. The molecule has 8 nitrogen and oxygen atoms in total. The maximum absolute atomic E-state index is 12.1. The Kier molecular flexibility index (Phi) is 4.57. The lowest BCUT2D eigenvalue weighted by atomic mass is 10.1. The number of ether oxygens (including phenoxy) is 1. The van der Waals surface area contributed by atoms with Crippen LogP contribution < -0.4 is 11.2 Å². The van der Waals surface area contributed by atoms with E-state index in [1.54, 1.807) is 24.3 Å². The van der Waals surface area contributed by atoms with Crippen molar-refractivity contribution in [2.24, 2.45) is 0 Å². The van der Waals surface area contributed by atoms with Crippen LogP contribution in [0.1, 0.15) is 6.23 Å². The van der Waals surface area contributed by atoms with Gasteiger partial charge >= 0.3 is 5.69 Å². The number of halogens is 1. The van der Waals surface area contributed by atoms with Gasteiger partial charge in [0.2, 0.25) is 0 Å². The lowest BCUT2D eigenvalue weighted by Crippen LogP contribution is -2.38. The van der Waals surface area contributed by atoms with Crippen molar-refractivity contribution in [1.29, 1.82) is 0 Å². The topological polar surface area (TPSA) is 125 Å². The van der Waals surface area contributed by atoms with E-state index in [9.17, 15) is 19.8 Å². The Bertz CT molecular complexity index is 846. The minimum absolute atomic E-state index is 0.170. The summed E-state index contributed by atoms with van der Waals surface area (Å²) in [7, 11) is 0. The van der Waals surface area contributed by atoms with Gasteiger partial charge in [-0.05, 0) is 17.7 Å². The first-order chi connectivity index (χ1) is 11.4. The number of aromatic amines is 1. The second kappa shape index (κ2) is 6.50. The molecular weight excluding hydrogens is 340 g/mol. The predicted octanol–water partition coefficient (Wildman–Crippen LogP) is -0.531. The molecule has 3 rings (SSSR count). The second-order valence-electron chi connectivity index (χ2n) is 5.45. The molecule has 2 heterocycles. The fourth-order valence-corrected chi connectivity index (χ4v) is 2.75. The summed E-state index contributed by atoms with van der Waals surface area (Å²) in [6.07, 6.45) is -3.79. The first-order valence-electron chi connectivity index (χ1n) is 7.16. The number of rotatable bonds is 3. The van der Waals surface area contributed by atoms with Gasteiger partial charge < -0.3 is 20.1 Å².